The summed E-state index contributed by atoms with van der Waals surface area (Å²) < 4.78 is 19.2. The summed E-state index contributed by atoms with van der Waals surface area (Å²) in [4.78, 5) is 14.8. The van der Waals surface area contributed by atoms with Gasteiger partial charge in [0.2, 0.25) is 0 Å². The van der Waals surface area contributed by atoms with Crippen LogP contribution in [0.5, 0.6) is 0 Å². The van der Waals surface area contributed by atoms with Crippen LogP contribution >= 0.6 is 0 Å². The predicted octanol–water partition coefficient (Wildman–Crippen LogP) is 6.06. The highest BCUT2D eigenvalue weighted by molar-refractivity contribution is 5.70. The molecule has 32 heavy (non-hydrogen) atoms. The van der Waals surface area contributed by atoms with Gasteiger partial charge < -0.3 is 14.7 Å². The van der Waals surface area contributed by atoms with Gasteiger partial charge in [0.05, 0.1) is 12.1 Å². The zero-order chi connectivity index (χ0) is 22.7. The van der Waals surface area contributed by atoms with Crippen LogP contribution in [0.3, 0.4) is 0 Å². The van der Waals surface area contributed by atoms with Crippen molar-refractivity contribution in [2.75, 3.05) is 6.54 Å². The molecular weight excluding hydrogens is 405 g/mol. The highest BCUT2D eigenvalue weighted by atomic mass is 19.1. The van der Waals surface area contributed by atoms with E-state index in [-0.39, 0.29) is 18.0 Å². The maximum absolute atomic E-state index is 13.2. The second-order valence-electron chi connectivity index (χ2n) is 8.53. The molecule has 4 nitrogen and oxygen atoms in total. The van der Waals surface area contributed by atoms with Crippen molar-refractivity contribution >= 4 is 6.09 Å². The van der Waals surface area contributed by atoms with Gasteiger partial charge in [0.15, 0.2) is 0 Å². The summed E-state index contributed by atoms with van der Waals surface area (Å²) in [5.74, 6) is -0.259. The number of nitrogens with zero attached hydrogens (tertiary/aromatic N) is 1. The van der Waals surface area contributed by atoms with Crippen molar-refractivity contribution in [3.63, 3.8) is 0 Å². The van der Waals surface area contributed by atoms with Crippen molar-refractivity contribution in [3.05, 3.63) is 95.8 Å². The lowest BCUT2D eigenvalue weighted by atomic mass is 9.84. The second-order valence-corrected chi connectivity index (χ2v) is 8.53. The highest BCUT2D eigenvalue weighted by Crippen LogP contribution is 2.40. The third-order valence-corrected chi connectivity index (χ3v) is 6.24. The Morgan fingerprint density at radius 3 is 2.12 bits per heavy atom. The monoisotopic (exact) mass is 433 g/mol. The van der Waals surface area contributed by atoms with Crippen molar-refractivity contribution in [2.45, 2.75) is 44.4 Å². The zero-order valence-electron chi connectivity index (χ0n) is 18.4. The minimum atomic E-state index is -0.824. The Hall–Kier alpha value is -3.18. The largest absolute Gasteiger partial charge is 0.438 e. The normalized spacial score (nSPS) is 20.5. The molecule has 5 heteroatoms. The molecule has 0 aliphatic carbocycles. The van der Waals surface area contributed by atoms with Crippen molar-refractivity contribution in [1.82, 2.24) is 4.90 Å². The first-order valence-corrected chi connectivity index (χ1v) is 11.0. The zero-order valence-corrected chi connectivity index (χ0v) is 18.4. The van der Waals surface area contributed by atoms with Gasteiger partial charge in [-0.05, 0) is 48.2 Å². The summed E-state index contributed by atoms with van der Waals surface area (Å²) >= 11 is 0. The summed E-state index contributed by atoms with van der Waals surface area (Å²) in [6, 6.07) is 23.8. The van der Waals surface area contributed by atoms with Crippen LogP contribution in [0.15, 0.2) is 78.9 Å². The van der Waals surface area contributed by atoms with Crippen LogP contribution in [0, 0.1) is 5.82 Å². The molecule has 1 aliphatic rings. The summed E-state index contributed by atoms with van der Waals surface area (Å²) in [5, 5.41) is 10.1. The van der Waals surface area contributed by atoms with Gasteiger partial charge in [-0.15, -0.1) is 0 Å². The Balaban J connectivity index is 1.51. The molecule has 1 fully saturated rings. The molecule has 0 spiro atoms. The van der Waals surface area contributed by atoms with Crippen molar-refractivity contribution < 1.29 is 19.0 Å². The van der Waals surface area contributed by atoms with Crippen molar-refractivity contribution in [3.8, 4) is 11.1 Å². The van der Waals surface area contributed by atoms with Crippen LogP contribution in [0.25, 0.3) is 11.1 Å². The number of amides is 1. The van der Waals surface area contributed by atoms with Gasteiger partial charge in [0.1, 0.15) is 11.4 Å². The minimum absolute atomic E-state index is 0.162. The fourth-order valence-corrected chi connectivity index (χ4v) is 4.48. The first-order valence-electron chi connectivity index (χ1n) is 11.0. The predicted molar refractivity (Wildman–Crippen MR) is 122 cm³/mol. The fraction of sp³-hybridized carbons (Fsp3) is 0.296. The second kappa shape index (κ2) is 9.13. The number of halogens is 1. The average molecular weight is 434 g/mol. The lowest BCUT2D eigenvalue weighted by Gasteiger charge is -2.44. The van der Waals surface area contributed by atoms with E-state index in [1.54, 1.807) is 24.0 Å². The maximum Gasteiger partial charge on any atom is 0.411 e. The third-order valence-electron chi connectivity index (χ3n) is 6.24. The molecule has 0 saturated carbocycles. The molecule has 3 aromatic carbocycles. The number of benzene rings is 3. The molecule has 1 aliphatic heterocycles. The summed E-state index contributed by atoms with van der Waals surface area (Å²) in [6.45, 7) is 4.23. The first-order chi connectivity index (χ1) is 15.4. The Morgan fingerprint density at radius 2 is 1.56 bits per heavy atom. The summed E-state index contributed by atoms with van der Waals surface area (Å²) in [5.41, 5.74) is 3.01. The van der Waals surface area contributed by atoms with E-state index in [4.69, 9.17) is 4.74 Å². The number of aliphatic hydroxyl groups is 1. The SMILES string of the molecule is C[C@H](O)C[C@]1(c2ccccc2)CCN([C@@H](C)c2ccc(-c3ccc(F)cc3)cc2)C(=O)O1. The maximum atomic E-state index is 13.2. The van der Waals surface area contributed by atoms with E-state index in [1.165, 1.54) is 12.1 Å². The Morgan fingerprint density at radius 1 is 0.969 bits per heavy atom. The average Bonchev–Trinajstić information content (AvgIpc) is 2.79. The standard InChI is InChI=1S/C27H28FNO3/c1-19(30)18-27(24-6-4-3-5-7-24)16-17-29(26(31)32-27)20(2)21-8-10-22(11-9-21)23-12-14-25(28)15-13-23/h3-15,19-20,30H,16-18H2,1-2H3/t19-,20-,27-/m0/s1. The fourth-order valence-electron chi connectivity index (χ4n) is 4.48. The van der Waals surface area contributed by atoms with Crippen LogP contribution in [-0.4, -0.2) is 28.7 Å². The van der Waals surface area contributed by atoms with Gasteiger partial charge in [-0.3, -0.25) is 0 Å². The minimum Gasteiger partial charge on any atom is -0.438 e. The first kappa shape index (κ1) is 22.0. The number of aliphatic hydroxyl groups excluding tert-OH is 1. The quantitative estimate of drug-likeness (QED) is 0.514. The van der Waals surface area contributed by atoms with E-state index in [1.807, 2.05) is 61.5 Å². The highest BCUT2D eigenvalue weighted by Gasteiger charge is 2.44. The number of hydrogen-bond donors (Lipinski definition) is 1. The van der Waals surface area contributed by atoms with Gasteiger partial charge >= 0.3 is 6.09 Å². The van der Waals surface area contributed by atoms with Gasteiger partial charge in [-0.2, -0.15) is 0 Å². The van der Waals surface area contributed by atoms with E-state index < -0.39 is 11.7 Å². The molecule has 3 atom stereocenters. The van der Waals surface area contributed by atoms with Crippen LogP contribution in [0.2, 0.25) is 0 Å². The van der Waals surface area contributed by atoms with Crippen LogP contribution < -0.4 is 0 Å². The molecule has 1 N–H and O–H groups in total. The Labute approximate surface area is 188 Å². The molecular formula is C27H28FNO3. The third kappa shape index (κ3) is 4.53. The van der Waals surface area contributed by atoms with Gasteiger partial charge in [0.25, 0.3) is 0 Å². The summed E-state index contributed by atoms with van der Waals surface area (Å²) in [6.07, 6.45) is -0.00920. The molecule has 0 aromatic heterocycles. The van der Waals surface area contributed by atoms with Gasteiger partial charge in [0, 0.05) is 19.4 Å². The lowest BCUT2D eigenvalue weighted by molar-refractivity contribution is -0.0815. The molecule has 1 saturated heterocycles. The molecule has 0 unspecified atom stereocenters. The molecule has 4 rings (SSSR count). The molecule has 0 radical (unpaired) electrons. The smallest absolute Gasteiger partial charge is 0.411 e. The van der Waals surface area contributed by atoms with Gasteiger partial charge in [-0.25, -0.2) is 9.18 Å². The molecule has 1 heterocycles. The molecule has 1 amide bonds. The molecule has 0 bridgehead atoms. The van der Waals surface area contributed by atoms with E-state index in [2.05, 4.69) is 0 Å². The number of hydrogen-bond acceptors (Lipinski definition) is 3. The van der Waals surface area contributed by atoms with Gasteiger partial charge in [-0.1, -0.05) is 66.7 Å². The van der Waals surface area contributed by atoms with E-state index in [9.17, 15) is 14.3 Å². The number of carbonyl (C=O) groups is 1. The van der Waals surface area contributed by atoms with Crippen molar-refractivity contribution in [2.24, 2.45) is 0 Å². The Kier molecular flexibility index (Phi) is 6.28. The van der Waals surface area contributed by atoms with Crippen molar-refractivity contribution in [1.29, 1.82) is 0 Å². The van der Waals surface area contributed by atoms with Crippen LogP contribution in [0.4, 0.5) is 9.18 Å². The summed E-state index contributed by atoms with van der Waals surface area (Å²) in [7, 11) is 0. The number of rotatable bonds is 6. The number of cyclic esters (lactones) is 1. The number of ether oxygens (including phenoxy) is 1. The Bertz CT molecular complexity index is 1050. The van der Waals surface area contributed by atoms with E-state index >= 15 is 0 Å². The topological polar surface area (TPSA) is 49.8 Å². The molecule has 3 aromatic rings. The van der Waals surface area contributed by atoms with Crippen LogP contribution in [0.1, 0.15) is 43.9 Å². The number of carbonyl (C=O) groups excluding carboxylic acids is 1. The lowest BCUT2D eigenvalue weighted by Crippen LogP contribution is -2.49. The molecule has 166 valence electrons. The van der Waals surface area contributed by atoms with E-state index in [0.29, 0.717) is 19.4 Å². The van der Waals surface area contributed by atoms with Crippen LogP contribution in [-0.2, 0) is 10.3 Å². The van der Waals surface area contributed by atoms with E-state index in [0.717, 1.165) is 22.3 Å².